The van der Waals surface area contributed by atoms with E-state index in [0.717, 1.165) is 5.92 Å². The lowest BCUT2D eigenvalue weighted by Gasteiger charge is -2.35. The zero-order valence-electron chi connectivity index (χ0n) is 14.8. The summed E-state index contributed by atoms with van der Waals surface area (Å²) in [7, 11) is 0. The van der Waals surface area contributed by atoms with E-state index in [0.29, 0.717) is 51.3 Å². The normalized spacial score (nSPS) is 28.6. The molecule has 0 aromatic heterocycles. The summed E-state index contributed by atoms with van der Waals surface area (Å²) < 4.78 is 5.00. The first-order valence-corrected chi connectivity index (χ1v) is 9.05. The molecule has 2 aliphatic rings. The van der Waals surface area contributed by atoms with Gasteiger partial charge in [0, 0.05) is 32.1 Å². The van der Waals surface area contributed by atoms with Crippen LogP contribution in [0.25, 0.3) is 0 Å². The SMILES string of the molecule is CCOC(=O)N1CCN(C(=O)C[NH2+][C@H]2CCC[C@H](C)[C@@H]2C)CC1. The van der Waals surface area contributed by atoms with Crippen LogP contribution in [-0.4, -0.2) is 67.2 Å². The van der Waals surface area contributed by atoms with Crippen molar-refractivity contribution in [2.45, 2.75) is 46.1 Å². The van der Waals surface area contributed by atoms with E-state index in [1.807, 2.05) is 4.90 Å². The minimum Gasteiger partial charge on any atom is -0.450 e. The van der Waals surface area contributed by atoms with Gasteiger partial charge in [0.15, 0.2) is 6.54 Å². The Bertz CT molecular complexity index is 408. The number of amides is 2. The van der Waals surface area contributed by atoms with Crippen LogP contribution in [0.4, 0.5) is 4.79 Å². The Morgan fingerprint density at radius 1 is 1.09 bits per heavy atom. The fourth-order valence-electron chi connectivity index (χ4n) is 3.69. The molecule has 6 nitrogen and oxygen atoms in total. The zero-order valence-corrected chi connectivity index (χ0v) is 14.8. The number of hydrogen-bond acceptors (Lipinski definition) is 3. The number of rotatable bonds is 4. The Morgan fingerprint density at radius 3 is 2.39 bits per heavy atom. The molecule has 1 aliphatic carbocycles. The summed E-state index contributed by atoms with van der Waals surface area (Å²) in [5.41, 5.74) is 0. The molecule has 0 aromatic rings. The molecule has 2 rings (SSSR count). The number of piperazine rings is 1. The summed E-state index contributed by atoms with van der Waals surface area (Å²) in [6.45, 7) is 9.73. The van der Waals surface area contributed by atoms with E-state index in [4.69, 9.17) is 4.74 Å². The van der Waals surface area contributed by atoms with Gasteiger partial charge in [-0.15, -0.1) is 0 Å². The first-order chi connectivity index (χ1) is 11.0. The Labute approximate surface area is 139 Å². The largest absolute Gasteiger partial charge is 0.450 e. The first-order valence-electron chi connectivity index (χ1n) is 9.05. The van der Waals surface area contributed by atoms with Gasteiger partial charge in [-0.2, -0.15) is 0 Å². The topological polar surface area (TPSA) is 66.5 Å². The fourth-order valence-corrected chi connectivity index (χ4v) is 3.69. The van der Waals surface area contributed by atoms with Gasteiger partial charge in [0.25, 0.3) is 5.91 Å². The molecule has 0 aromatic carbocycles. The lowest BCUT2D eigenvalue weighted by molar-refractivity contribution is -0.689. The standard InChI is InChI=1S/C17H31N3O3/c1-4-23-17(22)20-10-8-19(9-11-20)16(21)12-18-15-7-5-6-13(2)14(15)3/h13-15,18H,4-12H2,1-3H3/p+1/t13-,14-,15-/m0/s1. The second kappa shape index (κ2) is 8.52. The third-order valence-electron chi connectivity index (χ3n) is 5.52. The van der Waals surface area contributed by atoms with Gasteiger partial charge < -0.3 is 19.9 Å². The van der Waals surface area contributed by atoms with Gasteiger partial charge in [-0.05, 0) is 32.1 Å². The second-order valence-electron chi connectivity index (χ2n) is 6.94. The molecule has 132 valence electrons. The van der Waals surface area contributed by atoms with Gasteiger partial charge in [0.1, 0.15) is 0 Å². The lowest BCUT2D eigenvalue weighted by atomic mass is 9.78. The van der Waals surface area contributed by atoms with Crippen molar-refractivity contribution in [1.29, 1.82) is 0 Å². The van der Waals surface area contributed by atoms with Crippen molar-refractivity contribution >= 4 is 12.0 Å². The fraction of sp³-hybridized carbons (Fsp3) is 0.882. The van der Waals surface area contributed by atoms with E-state index in [9.17, 15) is 9.59 Å². The van der Waals surface area contributed by atoms with E-state index in [-0.39, 0.29) is 12.0 Å². The third-order valence-corrected chi connectivity index (χ3v) is 5.52. The predicted molar refractivity (Wildman–Crippen MR) is 87.9 cm³/mol. The molecule has 1 saturated heterocycles. The summed E-state index contributed by atoms with van der Waals surface area (Å²) in [5.74, 6) is 1.63. The van der Waals surface area contributed by atoms with Gasteiger partial charge in [-0.3, -0.25) is 4.79 Å². The molecular formula is C17H32N3O3+. The van der Waals surface area contributed by atoms with Gasteiger partial charge in [-0.25, -0.2) is 4.79 Å². The van der Waals surface area contributed by atoms with Crippen LogP contribution < -0.4 is 5.32 Å². The highest BCUT2D eigenvalue weighted by atomic mass is 16.6. The number of carbonyl (C=O) groups excluding carboxylic acids is 2. The highest BCUT2D eigenvalue weighted by Crippen LogP contribution is 2.27. The molecule has 2 N–H and O–H groups in total. The average molecular weight is 326 g/mol. The minimum atomic E-state index is -0.267. The Kier molecular flexibility index (Phi) is 6.69. The van der Waals surface area contributed by atoms with Crippen LogP contribution in [0, 0.1) is 11.8 Å². The van der Waals surface area contributed by atoms with Crippen LogP contribution in [0.3, 0.4) is 0 Å². The van der Waals surface area contributed by atoms with Crippen molar-refractivity contribution in [3.8, 4) is 0 Å². The molecule has 6 heteroatoms. The van der Waals surface area contributed by atoms with E-state index in [1.165, 1.54) is 19.3 Å². The Hall–Kier alpha value is -1.30. The van der Waals surface area contributed by atoms with Gasteiger partial charge in [-0.1, -0.05) is 13.8 Å². The van der Waals surface area contributed by atoms with E-state index in [2.05, 4.69) is 19.2 Å². The van der Waals surface area contributed by atoms with Crippen molar-refractivity contribution < 1.29 is 19.6 Å². The highest BCUT2D eigenvalue weighted by Gasteiger charge is 2.31. The van der Waals surface area contributed by atoms with Crippen molar-refractivity contribution in [2.24, 2.45) is 11.8 Å². The molecule has 0 spiro atoms. The van der Waals surface area contributed by atoms with Gasteiger partial charge in [0.05, 0.1) is 12.6 Å². The van der Waals surface area contributed by atoms with Crippen LogP contribution in [0.2, 0.25) is 0 Å². The van der Waals surface area contributed by atoms with Crippen LogP contribution in [0.5, 0.6) is 0 Å². The first kappa shape index (κ1) is 18.0. The maximum atomic E-state index is 12.4. The Morgan fingerprint density at radius 2 is 1.74 bits per heavy atom. The van der Waals surface area contributed by atoms with E-state index >= 15 is 0 Å². The quantitative estimate of drug-likeness (QED) is 0.826. The van der Waals surface area contributed by atoms with E-state index < -0.39 is 0 Å². The molecule has 3 atom stereocenters. The number of ether oxygens (including phenoxy) is 1. The molecule has 2 fully saturated rings. The number of quaternary nitrogens is 1. The molecule has 2 amide bonds. The summed E-state index contributed by atoms with van der Waals surface area (Å²) in [6, 6.07) is 0.573. The molecular weight excluding hydrogens is 294 g/mol. The number of nitrogens with two attached hydrogens (primary N) is 1. The van der Waals surface area contributed by atoms with Gasteiger partial charge >= 0.3 is 6.09 Å². The molecule has 23 heavy (non-hydrogen) atoms. The molecule has 0 unspecified atom stereocenters. The van der Waals surface area contributed by atoms with Crippen LogP contribution >= 0.6 is 0 Å². The smallest absolute Gasteiger partial charge is 0.409 e. The number of carbonyl (C=O) groups is 2. The Balaban J connectivity index is 1.72. The molecule has 1 heterocycles. The predicted octanol–water partition coefficient (Wildman–Crippen LogP) is 0.675. The number of nitrogens with zero attached hydrogens (tertiary/aromatic N) is 2. The number of hydrogen-bond donors (Lipinski definition) is 1. The van der Waals surface area contributed by atoms with Crippen LogP contribution in [-0.2, 0) is 9.53 Å². The molecule has 0 radical (unpaired) electrons. The minimum absolute atomic E-state index is 0.193. The zero-order chi connectivity index (χ0) is 16.8. The monoisotopic (exact) mass is 326 g/mol. The molecule has 1 aliphatic heterocycles. The molecule has 0 bridgehead atoms. The summed E-state index contributed by atoms with van der Waals surface area (Å²) in [6.07, 6.45) is 3.54. The van der Waals surface area contributed by atoms with Crippen molar-refractivity contribution in [3.05, 3.63) is 0 Å². The van der Waals surface area contributed by atoms with E-state index in [1.54, 1.807) is 11.8 Å². The van der Waals surface area contributed by atoms with Crippen molar-refractivity contribution in [2.75, 3.05) is 39.3 Å². The maximum Gasteiger partial charge on any atom is 0.409 e. The summed E-state index contributed by atoms with van der Waals surface area (Å²) >= 11 is 0. The maximum absolute atomic E-state index is 12.4. The summed E-state index contributed by atoms with van der Waals surface area (Å²) in [4.78, 5) is 27.6. The second-order valence-corrected chi connectivity index (χ2v) is 6.94. The van der Waals surface area contributed by atoms with Crippen molar-refractivity contribution in [3.63, 3.8) is 0 Å². The van der Waals surface area contributed by atoms with Crippen LogP contribution in [0.1, 0.15) is 40.0 Å². The lowest BCUT2D eigenvalue weighted by Crippen LogP contribution is -2.93. The van der Waals surface area contributed by atoms with Crippen molar-refractivity contribution in [1.82, 2.24) is 9.80 Å². The van der Waals surface area contributed by atoms with Crippen LogP contribution in [0.15, 0.2) is 0 Å². The third kappa shape index (κ3) is 4.83. The highest BCUT2D eigenvalue weighted by molar-refractivity contribution is 5.77. The summed E-state index contributed by atoms with van der Waals surface area (Å²) in [5, 5.41) is 2.24. The van der Waals surface area contributed by atoms with Gasteiger partial charge in [0.2, 0.25) is 0 Å². The molecule has 1 saturated carbocycles. The average Bonchev–Trinajstić information content (AvgIpc) is 2.56.